The highest BCUT2D eigenvalue weighted by Gasteiger charge is 2.12. The van der Waals surface area contributed by atoms with Gasteiger partial charge in [-0.25, -0.2) is 0 Å². The Morgan fingerprint density at radius 2 is 1.47 bits per heavy atom. The van der Waals surface area contributed by atoms with Gasteiger partial charge in [-0.1, -0.05) is 6.08 Å². The predicted molar refractivity (Wildman–Crippen MR) is 74.5 cm³/mol. The first-order chi connectivity index (χ1) is 9.43. The Labute approximate surface area is 116 Å². The number of hydrogen-bond donors (Lipinski definition) is 1. The Bertz CT molecular complexity index is 208. The minimum atomic E-state index is 0.406. The van der Waals surface area contributed by atoms with E-state index in [0.29, 0.717) is 52.4 Å². The van der Waals surface area contributed by atoms with E-state index in [0.717, 1.165) is 25.9 Å². The zero-order valence-corrected chi connectivity index (χ0v) is 11.8. The fourth-order valence-electron chi connectivity index (χ4n) is 1.84. The van der Waals surface area contributed by atoms with Gasteiger partial charge in [0.15, 0.2) is 0 Å². The molecular weight excluding hydrogens is 246 g/mol. The van der Waals surface area contributed by atoms with Gasteiger partial charge < -0.3 is 24.3 Å². The van der Waals surface area contributed by atoms with Gasteiger partial charge in [0, 0.05) is 0 Å². The number of piperidine rings is 1. The summed E-state index contributed by atoms with van der Waals surface area (Å²) in [7, 11) is 0. The third-order valence-electron chi connectivity index (χ3n) is 2.85. The van der Waals surface area contributed by atoms with Crippen molar-refractivity contribution in [2.24, 2.45) is 0 Å². The zero-order valence-electron chi connectivity index (χ0n) is 11.8. The number of nitrogens with one attached hydrogen (secondary N) is 1. The van der Waals surface area contributed by atoms with Crippen LogP contribution in [0.25, 0.3) is 0 Å². The average molecular weight is 273 g/mol. The first-order valence-electron chi connectivity index (χ1n) is 7.10. The summed E-state index contributed by atoms with van der Waals surface area (Å²) in [6.45, 7) is 10.00. The highest BCUT2D eigenvalue weighted by Crippen LogP contribution is 2.06. The molecule has 1 N–H and O–H groups in total. The molecule has 0 bridgehead atoms. The van der Waals surface area contributed by atoms with Crippen LogP contribution in [0.2, 0.25) is 0 Å². The minimum Gasteiger partial charge on any atom is -0.377 e. The Kier molecular flexibility index (Phi) is 11.0. The molecule has 0 aromatic rings. The molecule has 0 spiro atoms. The van der Waals surface area contributed by atoms with Gasteiger partial charge in [-0.15, -0.1) is 6.58 Å². The van der Waals surface area contributed by atoms with E-state index in [2.05, 4.69) is 11.9 Å². The quantitative estimate of drug-likeness (QED) is 0.424. The van der Waals surface area contributed by atoms with Crippen LogP contribution in [0.5, 0.6) is 0 Å². The maximum atomic E-state index is 5.72. The zero-order chi connectivity index (χ0) is 13.6. The molecule has 1 aliphatic heterocycles. The van der Waals surface area contributed by atoms with Crippen molar-refractivity contribution in [3.05, 3.63) is 12.7 Å². The summed E-state index contributed by atoms with van der Waals surface area (Å²) in [5, 5.41) is 3.31. The summed E-state index contributed by atoms with van der Waals surface area (Å²) in [6, 6.07) is 0. The van der Waals surface area contributed by atoms with Crippen molar-refractivity contribution in [1.82, 2.24) is 5.32 Å². The lowest BCUT2D eigenvalue weighted by atomic mass is 10.1. The first-order valence-corrected chi connectivity index (χ1v) is 7.10. The summed E-state index contributed by atoms with van der Waals surface area (Å²) < 4.78 is 21.7. The van der Waals surface area contributed by atoms with Crippen molar-refractivity contribution in [3.63, 3.8) is 0 Å². The molecule has 112 valence electrons. The monoisotopic (exact) mass is 273 g/mol. The average Bonchev–Trinajstić information content (AvgIpc) is 2.46. The van der Waals surface area contributed by atoms with E-state index in [1.54, 1.807) is 6.08 Å². The van der Waals surface area contributed by atoms with E-state index >= 15 is 0 Å². The molecule has 0 aromatic heterocycles. The third kappa shape index (κ3) is 10.0. The third-order valence-corrected chi connectivity index (χ3v) is 2.85. The van der Waals surface area contributed by atoms with Gasteiger partial charge in [0.25, 0.3) is 0 Å². The van der Waals surface area contributed by atoms with Gasteiger partial charge in [-0.05, 0) is 25.9 Å². The number of hydrogen-bond acceptors (Lipinski definition) is 5. The Morgan fingerprint density at radius 1 is 0.895 bits per heavy atom. The van der Waals surface area contributed by atoms with E-state index in [1.807, 2.05) is 0 Å². The molecule has 1 heterocycles. The molecule has 19 heavy (non-hydrogen) atoms. The highest BCUT2D eigenvalue weighted by molar-refractivity contribution is 4.67. The largest absolute Gasteiger partial charge is 0.377 e. The molecule has 5 heteroatoms. The van der Waals surface area contributed by atoms with Crippen LogP contribution in [-0.4, -0.2) is 65.4 Å². The standard InChI is InChI=1S/C14H27NO4/c1-2-7-16-8-9-17-10-11-18-12-13-19-14-3-5-15-6-4-14/h2,14-15H,1,3-13H2. The van der Waals surface area contributed by atoms with E-state index < -0.39 is 0 Å². The minimum absolute atomic E-state index is 0.406. The molecular formula is C14H27NO4. The second kappa shape index (κ2) is 12.6. The fraction of sp³-hybridized carbons (Fsp3) is 0.857. The van der Waals surface area contributed by atoms with Crippen LogP contribution in [0.1, 0.15) is 12.8 Å². The molecule has 0 unspecified atom stereocenters. The molecule has 1 fully saturated rings. The second-order valence-corrected chi connectivity index (χ2v) is 4.41. The van der Waals surface area contributed by atoms with Crippen molar-refractivity contribution in [1.29, 1.82) is 0 Å². The molecule has 0 aliphatic carbocycles. The van der Waals surface area contributed by atoms with Crippen LogP contribution in [0.4, 0.5) is 0 Å². The molecule has 1 aliphatic rings. The van der Waals surface area contributed by atoms with Gasteiger partial charge in [0.1, 0.15) is 0 Å². The smallest absolute Gasteiger partial charge is 0.0704 e. The molecule has 5 nitrogen and oxygen atoms in total. The second-order valence-electron chi connectivity index (χ2n) is 4.41. The van der Waals surface area contributed by atoms with Crippen LogP contribution >= 0.6 is 0 Å². The Morgan fingerprint density at radius 3 is 2.11 bits per heavy atom. The van der Waals surface area contributed by atoms with Crippen molar-refractivity contribution < 1.29 is 18.9 Å². The lowest BCUT2D eigenvalue weighted by molar-refractivity contribution is -0.0242. The van der Waals surface area contributed by atoms with E-state index in [1.165, 1.54) is 0 Å². The lowest BCUT2D eigenvalue weighted by Gasteiger charge is -2.22. The number of ether oxygens (including phenoxy) is 4. The van der Waals surface area contributed by atoms with Crippen molar-refractivity contribution in [2.45, 2.75) is 18.9 Å². The fourth-order valence-corrected chi connectivity index (χ4v) is 1.84. The maximum absolute atomic E-state index is 5.72. The predicted octanol–water partition coefficient (Wildman–Crippen LogP) is 0.991. The summed E-state index contributed by atoms with van der Waals surface area (Å²) in [4.78, 5) is 0. The first kappa shape index (κ1) is 16.6. The molecule has 0 amide bonds. The SMILES string of the molecule is C=CCOCCOCCOCCOC1CCNCC1. The summed E-state index contributed by atoms with van der Waals surface area (Å²) in [6.07, 6.45) is 4.34. The normalized spacial score (nSPS) is 16.6. The Balaban J connectivity index is 1.72. The molecule has 0 atom stereocenters. The molecule has 0 aromatic carbocycles. The van der Waals surface area contributed by atoms with E-state index in [4.69, 9.17) is 18.9 Å². The maximum Gasteiger partial charge on any atom is 0.0704 e. The van der Waals surface area contributed by atoms with Gasteiger partial charge >= 0.3 is 0 Å². The molecule has 0 saturated carbocycles. The van der Waals surface area contributed by atoms with Crippen molar-refractivity contribution in [3.8, 4) is 0 Å². The topological polar surface area (TPSA) is 49.0 Å². The van der Waals surface area contributed by atoms with Crippen LogP contribution in [-0.2, 0) is 18.9 Å². The van der Waals surface area contributed by atoms with Gasteiger partial charge in [-0.2, -0.15) is 0 Å². The van der Waals surface area contributed by atoms with Crippen LogP contribution in [0, 0.1) is 0 Å². The highest BCUT2D eigenvalue weighted by atomic mass is 16.6. The number of rotatable bonds is 12. The molecule has 0 radical (unpaired) electrons. The van der Waals surface area contributed by atoms with Crippen molar-refractivity contribution in [2.75, 3.05) is 59.3 Å². The molecule has 1 rings (SSSR count). The lowest BCUT2D eigenvalue weighted by Crippen LogP contribution is -2.33. The summed E-state index contributed by atoms with van der Waals surface area (Å²) in [5.74, 6) is 0. The van der Waals surface area contributed by atoms with E-state index in [9.17, 15) is 0 Å². The van der Waals surface area contributed by atoms with E-state index in [-0.39, 0.29) is 0 Å². The van der Waals surface area contributed by atoms with Crippen LogP contribution in [0.15, 0.2) is 12.7 Å². The van der Waals surface area contributed by atoms with Crippen molar-refractivity contribution >= 4 is 0 Å². The summed E-state index contributed by atoms with van der Waals surface area (Å²) in [5.41, 5.74) is 0. The van der Waals surface area contributed by atoms with Crippen LogP contribution in [0.3, 0.4) is 0 Å². The van der Waals surface area contributed by atoms with Gasteiger partial charge in [0.05, 0.1) is 52.4 Å². The van der Waals surface area contributed by atoms with Crippen LogP contribution < -0.4 is 5.32 Å². The van der Waals surface area contributed by atoms with Gasteiger partial charge in [-0.3, -0.25) is 0 Å². The summed E-state index contributed by atoms with van der Waals surface area (Å²) >= 11 is 0. The van der Waals surface area contributed by atoms with Gasteiger partial charge in [0.2, 0.25) is 0 Å². The Hall–Kier alpha value is -0.460. The molecule has 1 saturated heterocycles.